The van der Waals surface area contributed by atoms with Gasteiger partial charge in [0.25, 0.3) is 11.2 Å². The van der Waals surface area contributed by atoms with Crippen LogP contribution in [0.5, 0.6) is 0 Å². The number of nitrogens with one attached hydrogen (secondary N) is 1. The van der Waals surface area contributed by atoms with Crippen LogP contribution in [0.4, 0.5) is 5.69 Å². The van der Waals surface area contributed by atoms with Gasteiger partial charge in [0.05, 0.1) is 20.5 Å². The van der Waals surface area contributed by atoms with Crippen LogP contribution in [0.3, 0.4) is 0 Å². The summed E-state index contributed by atoms with van der Waals surface area (Å²) < 4.78 is 0. The van der Waals surface area contributed by atoms with Gasteiger partial charge in [-0.3, -0.25) is 14.9 Å². The molecule has 1 N–H and O–H groups in total. The molecule has 0 atom stereocenters. The number of nitrogens with zero attached hydrogens (tertiary/aromatic N) is 2. The monoisotopic (exact) mass is 317 g/mol. The van der Waals surface area contributed by atoms with Crippen LogP contribution in [0.2, 0.25) is 5.02 Å². The maximum atomic E-state index is 11.9. The first kappa shape index (κ1) is 15.7. The van der Waals surface area contributed by atoms with E-state index in [0.29, 0.717) is 10.9 Å². The van der Waals surface area contributed by atoms with Crippen LogP contribution in [0.15, 0.2) is 35.1 Å². The molecule has 0 radical (unpaired) electrons. The van der Waals surface area contributed by atoms with Crippen molar-refractivity contribution >= 4 is 29.9 Å². The van der Waals surface area contributed by atoms with Crippen LogP contribution in [0.1, 0.15) is 6.92 Å². The largest absolute Gasteiger partial charge is 0.306 e. The second kappa shape index (κ2) is 6.36. The van der Waals surface area contributed by atoms with Gasteiger partial charge < -0.3 is 4.98 Å². The minimum absolute atomic E-state index is 0.131. The van der Waals surface area contributed by atoms with Gasteiger partial charge in [0, 0.05) is 17.7 Å². The van der Waals surface area contributed by atoms with E-state index in [2.05, 4.69) is 16.5 Å². The number of nitro benzene ring substituents is 1. The van der Waals surface area contributed by atoms with Crippen molar-refractivity contribution in [3.63, 3.8) is 0 Å². The van der Waals surface area contributed by atoms with Crippen LogP contribution in [-0.4, -0.2) is 14.9 Å². The molecule has 0 unspecified atom stereocenters. The maximum absolute atomic E-state index is 11.9. The second-order valence-electron chi connectivity index (χ2n) is 4.39. The molecule has 22 heavy (non-hydrogen) atoms. The predicted molar refractivity (Wildman–Crippen MR) is 86.0 cm³/mol. The third kappa shape index (κ3) is 3.12. The molecule has 0 amide bonds. The van der Waals surface area contributed by atoms with Gasteiger partial charge in [-0.05, 0) is 19.1 Å². The van der Waals surface area contributed by atoms with Gasteiger partial charge in [0.2, 0.25) is 0 Å². The molecule has 0 aliphatic carbocycles. The van der Waals surface area contributed by atoms with Crippen LogP contribution in [0.25, 0.3) is 24.0 Å². The molecule has 0 fully saturated rings. The third-order valence-corrected chi connectivity index (χ3v) is 3.23. The van der Waals surface area contributed by atoms with Crippen molar-refractivity contribution in [1.82, 2.24) is 9.97 Å². The van der Waals surface area contributed by atoms with E-state index in [4.69, 9.17) is 11.6 Å². The lowest BCUT2D eigenvalue weighted by molar-refractivity contribution is -0.384. The topological polar surface area (TPSA) is 88.9 Å². The van der Waals surface area contributed by atoms with E-state index >= 15 is 0 Å². The van der Waals surface area contributed by atoms with E-state index in [1.807, 2.05) is 6.92 Å². The lowest BCUT2D eigenvalue weighted by Gasteiger charge is -2.03. The molecule has 1 heterocycles. The van der Waals surface area contributed by atoms with Crippen molar-refractivity contribution < 1.29 is 4.92 Å². The fourth-order valence-corrected chi connectivity index (χ4v) is 2.04. The highest BCUT2D eigenvalue weighted by atomic mass is 35.5. The van der Waals surface area contributed by atoms with E-state index in [-0.39, 0.29) is 21.8 Å². The predicted octanol–water partition coefficient (Wildman–Crippen LogP) is 1.77. The summed E-state index contributed by atoms with van der Waals surface area (Å²) in [6.07, 6.45) is 5.18. The Labute approximate surface area is 130 Å². The molecular weight excluding hydrogens is 306 g/mol. The molecule has 2 rings (SSSR count). The van der Waals surface area contributed by atoms with Crippen molar-refractivity contribution in [3.8, 4) is 11.4 Å². The average molecular weight is 318 g/mol. The molecule has 0 aliphatic rings. The summed E-state index contributed by atoms with van der Waals surface area (Å²) in [5.41, 5.74) is -0.125. The third-order valence-electron chi connectivity index (χ3n) is 2.91. The van der Waals surface area contributed by atoms with Crippen LogP contribution >= 0.6 is 11.6 Å². The number of rotatable bonds is 3. The van der Waals surface area contributed by atoms with Gasteiger partial charge in [-0.15, -0.1) is 0 Å². The normalized spacial score (nSPS) is 12.0. The number of aromatic nitrogens is 2. The van der Waals surface area contributed by atoms with Gasteiger partial charge in [-0.2, -0.15) is 0 Å². The van der Waals surface area contributed by atoms with Gasteiger partial charge in [-0.25, -0.2) is 4.98 Å². The van der Waals surface area contributed by atoms with Crippen LogP contribution in [0, 0.1) is 10.1 Å². The highest BCUT2D eigenvalue weighted by molar-refractivity contribution is 6.33. The van der Waals surface area contributed by atoms with E-state index in [1.54, 1.807) is 18.2 Å². The number of nitro groups is 1. The number of allylic oxidation sites excluding steroid dienone is 2. The Kier molecular flexibility index (Phi) is 4.53. The van der Waals surface area contributed by atoms with Gasteiger partial charge in [-0.1, -0.05) is 30.3 Å². The van der Waals surface area contributed by atoms with Crippen LogP contribution in [-0.2, 0) is 0 Å². The number of hydrogen-bond acceptors (Lipinski definition) is 4. The van der Waals surface area contributed by atoms with Crippen molar-refractivity contribution in [1.29, 1.82) is 0 Å². The SMILES string of the molecule is C=c1c(=O)[nH]c(-c2ccc([N+](=O)[O-])cc2Cl)n/c1=C/C=C\C. The fraction of sp³-hybridized carbons (Fsp3) is 0.0667. The Balaban J connectivity index is 2.69. The summed E-state index contributed by atoms with van der Waals surface area (Å²) >= 11 is 6.05. The van der Waals surface area contributed by atoms with Crippen LogP contribution < -0.4 is 16.1 Å². The number of aromatic amines is 1. The molecule has 112 valence electrons. The summed E-state index contributed by atoms with van der Waals surface area (Å²) in [6.45, 7) is 5.51. The summed E-state index contributed by atoms with van der Waals surface area (Å²) in [4.78, 5) is 29.0. The molecule has 0 saturated heterocycles. The Morgan fingerprint density at radius 2 is 2.18 bits per heavy atom. The molecule has 7 heteroatoms. The Hall–Kier alpha value is -2.73. The zero-order chi connectivity index (χ0) is 16.3. The lowest BCUT2D eigenvalue weighted by Crippen LogP contribution is -2.42. The summed E-state index contributed by atoms with van der Waals surface area (Å²) in [5.74, 6) is 0.230. The minimum Gasteiger partial charge on any atom is -0.306 e. The number of non-ortho nitro benzene ring substituents is 1. The zero-order valence-electron chi connectivity index (χ0n) is 11.7. The van der Waals surface area contributed by atoms with Crippen molar-refractivity contribution in [2.24, 2.45) is 0 Å². The van der Waals surface area contributed by atoms with Gasteiger partial charge in [0.1, 0.15) is 5.82 Å². The Morgan fingerprint density at radius 3 is 2.77 bits per heavy atom. The summed E-state index contributed by atoms with van der Waals surface area (Å²) in [5, 5.41) is 11.5. The number of H-pyrrole nitrogens is 1. The molecular formula is C15H12ClN3O3. The standard InChI is InChI=1S/C15H12ClN3O3/c1-3-4-5-13-9(2)15(20)18-14(17-13)11-7-6-10(19(21)22)8-12(11)16/h3-8H,2H2,1H3,(H,17,18,20)/b4-3-,13-5+. The number of benzene rings is 1. The smallest absolute Gasteiger partial charge is 0.270 e. The highest BCUT2D eigenvalue weighted by Gasteiger charge is 2.12. The Morgan fingerprint density at radius 1 is 1.45 bits per heavy atom. The summed E-state index contributed by atoms with van der Waals surface area (Å²) in [7, 11) is 0. The van der Waals surface area contributed by atoms with Crippen molar-refractivity contribution in [3.05, 3.63) is 66.4 Å². The average Bonchev–Trinajstić information content (AvgIpc) is 2.48. The molecule has 1 aromatic heterocycles. The first-order valence-electron chi connectivity index (χ1n) is 6.30. The second-order valence-corrected chi connectivity index (χ2v) is 4.80. The fourth-order valence-electron chi connectivity index (χ4n) is 1.78. The molecule has 2 aromatic rings. The van der Waals surface area contributed by atoms with Gasteiger partial charge in [0.15, 0.2) is 0 Å². The Bertz CT molecular complexity index is 932. The highest BCUT2D eigenvalue weighted by Crippen LogP contribution is 2.27. The number of hydrogen-bond donors (Lipinski definition) is 1. The number of halogens is 1. The van der Waals surface area contributed by atoms with E-state index < -0.39 is 10.5 Å². The molecule has 6 nitrogen and oxygen atoms in total. The van der Waals surface area contributed by atoms with E-state index in [1.165, 1.54) is 18.2 Å². The lowest BCUT2D eigenvalue weighted by atomic mass is 10.2. The molecule has 0 spiro atoms. The summed E-state index contributed by atoms with van der Waals surface area (Å²) in [6, 6.07) is 3.96. The molecule has 0 saturated carbocycles. The maximum Gasteiger partial charge on any atom is 0.270 e. The zero-order valence-corrected chi connectivity index (χ0v) is 12.4. The van der Waals surface area contributed by atoms with E-state index in [0.717, 1.165) is 0 Å². The molecule has 0 aliphatic heterocycles. The quantitative estimate of drug-likeness (QED) is 0.690. The van der Waals surface area contributed by atoms with Crippen molar-refractivity contribution in [2.45, 2.75) is 6.92 Å². The van der Waals surface area contributed by atoms with E-state index in [9.17, 15) is 14.9 Å². The van der Waals surface area contributed by atoms with Crippen molar-refractivity contribution in [2.75, 3.05) is 0 Å². The first-order valence-corrected chi connectivity index (χ1v) is 6.68. The first-order chi connectivity index (χ1) is 10.4. The minimum atomic E-state index is -0.545. The molecule has 0 bridgehead atoms. The van der Waals surface area contributed by atoms with Gasteiger partial charge >= 0.3 is 0 Å². The molecule has 1 aromatic carbocycles.